The van der Waals surface area contributed by atoms with Crippen LogP contribution >= 0.6 is 0 Å². The van der Waals surface area contributed by atoms with Gasteiger partial charge in [-0.2, -0.15) is 0 Å². The molecule has 0 rings (SSSR count). The van der Waals surface area contributed by atoms with E-state index < -0.39 is 0 Å². The molecule has 0 amide bonds. The van der Waals surface area contributed by atoms with Gasteiger partial charge in [-0.1, -0.05) is 27.2 Å². The standard InChI is InChI=1S/C10H22N2/c1-5-8-10(4,7-3)12-9(11)6-2/h5-8H2,1-4H3,(H2,11,12). The first kappa shape index (κ1) is 11.5. The second-order valence-corrected chi connectivity index (χ2v) is 3.62. The van der Waals surface area contributed by atoms with Crippen LogP contribution in [0.15, 0.2) is 0 Å². The maximum Gasteiger partial charge on any atom is 0.0932 e. The normalized spacial score (nSPS) is 15.3. The minimum absolute atomic E-state index is 0.141. The lowest BCUT2D eigenvalue weighted by molar-refractivity contribution is 0.366. The van der Waals surface area contributed by atoms with Crippen LogP contribution in [0.1, 0.15) is 53.4 Å². The number of rotatable bonds is 5. The van der Waals surface area contributed by atoms with E-state index in [4.69, 9.17) is 5.41 Å². The lowest BCUT2D eigenvalue weighted by Gasteiger charge is -2.30. The Hall–Kier alpha value is -0.530. The molecule has 12 heavy (non-hydrogen) atoms. The Labute approximate surface area is 76.3 Å². The lowest BCUT2D eigenvalue weighted by atomic mass is 9.93. The van der Waals surface area contributed by atoms with Crippen molar-refractivity contribution in [3.8, 4) is 0 Å². The van der Waals surface area contributed by atoms with Gasteiger partial charge < -0.3 is 5.32 Å². The fourth-order valence-electron chi connectivity index (χ4n) is 1.33. The number of nitrogens with one attached hydrogen (secondary N) is 2. The number of amidine groups is 1. The molecule has 72 valence electrons. The molecule has 2 heteroatoms. The Bertz CT molecular complexity index is 143. The summed E-state index contributed by atoms with van der Waals surface area (Å²) in [5, 5.41) is 10.8. The van der Waals surface area contributed by atoms with Gasteiger partial charge in [-0.15, -0.1) is 0 Å². The Balaban J connectivity index is 4.03. The number of hydrogen-bond donors (Lipinski definition) is 2. The largest absolute Gasteiger partial charge is 0.369 e. The fourth-order valence-corrected chi connectivity index (χ4v) is 1.33. The average molecular weight is 170 g/mol. The Kier molecular flexibility index (Phi) is 4.95. The van der Waals surface area contributed by atoms with Gasteiger partial charge in [-0.05, 0) is 19.8 Å². The highest BCUT2D eigenvalue weighted by Gasteiger charge is 2.20. The van der Waals surface area contributed by atoms with E-state index >= 15 is 0 Å². The maximum absolute atomic E-state index is 7.56. The summed E-state index contributed by atoms with van der Waals surface area (Å²) in [7, 11) is 0. The molecule has 0 aliphatic rings. The molecule has 0 aromatic rings. The molecule has 0 aromatic heterocycles. The van der Waals surface area contributed by atoms with Crippen LogP contribution in [0.3, 0.4) is 0 Å². The van der Waals surface area contributed by atoms with Gasteiger partial charge >= 0.3 is 0 Å². The van der Waals surface area contributed by atoms with E-state index in [2.05, 4.69) is 26.1 Å². The van der Waals surface area contributed by atoms with E-state index in [1.807, 2.05) is 6.92 Å². The first-order valence-electron chi connectivity index (χ1n) is 4.93. The monoisotopic (exact) mass is 170 g/mol. The Morgan fingerprint density at radius 3 is 2.25 bits per heavy atom. The highest BCUT2D eigenvalue weighted by Crippen LogP contribution is 2.16. The van der Waals surface area contributed by atoms with Crippen molar-refractivity contribution in [3.63, 3.8) is 0 Å². The quantitative estimate of drug-likeness (QED) is 0.483. The van der Waals surface area contributed by atoms with E-state index in [-0.39, 0.29) is 5.54 Å². The average Bonchev–Trinajstić information content (AvgIpc) is 2.05. The second-order valence-electron chi connectivity index (χ2n) is 3.62. The predicted octanol–water partition coefficient (Wildman–Crippen LogP) is 2.93. The molecular formula is C10H22N2. The van der Waals surface area contributed by atoms with Gasteiger partial charge in [0.15, 0.2) is 0 Å². The zero-order valence-electron chi connectivity index (χ0n) is 8.83. The van der Waals surface area contributed by atoms with Crippen molar-refractivity contribution >= 4 is 5.84 Å². The van der Waals surface area contributed by atoms with Gasteiger partial charge in [-0.3, -0.25) is 5.41 Å². The molecule has 0 aliphatic heterocycles. The third-order valence-corrected chi connectivity index (χ3v) is 2.39. The van der Waals surface area contributed by atoms with E-state index in [1.54, 1.807) is 0 Å². The molecule has 1 unspecified atom stereocenters. The topological polar surface area (TPSA) is 35.9 Å². The summed E-state index contributed by atoms with van der Waals surface area (Å²) in [6.45, 7) is 8.56. The van der Waals surface area contributed by atoms with Gasteiger partial charge in [-0.25, -0.2) is 0 Å². The van der Waals surface area contributed by atoms with E-state index in [9.17, 15) is 0 Å². The summed E-state index contributed by atoms with van der Waals surface area (Å²) in [5.41, 5.74) is 0.141. The first-order chi connectivity index (χ1) is 5.58. The van der Waals surface area contributed by atoms with Crippen molar-refractivity contribution in [1.82, 2.24) is 5.32 Å². The van der Waals surface area contributed by atoms with Gasteiger partial charge in [0.1, 0.15) is 0 Å². The molecule has 0 bridgehead atoms. The van der Waals surface area contributed by atoms with E-state index in [1.165, 1.54) is 6.42 Å². The molecule has 0 saturated carbocycles. The van der Waals surface area contributed by atoms with Crippen molar-refractivity contribution in [2.75, 3.05) is 0 Å². The Morgan fingerprint density at radius 1 is 1.33 bits per heavy atom. The molecule has 0 heterocycles. The molecule has 0 spiro atoms. The van der Waals surface area contributed by atoms with Crippen molar-refractivity contribution in [3.05, 3.63) is 0 Å². The molecule has 0 aliphatic carbocycles. The van der Waals surface area contributed by atoms with Crippen molar-refractivity contribution < 1.29 is 0 Å². The van der Waals surface area contributed by atoms with Gasteiger partial charge in [0.05, 0.1) is 5.84 Å². The van der Waals surface area contributed by atoms with Crippen LogP contribution in [0, 0.1) is 5.41 Å². The van der Waals surface area contributed by atoms with E-state index in [0.29, 0.717) is 5.84 Å². The summed E-state index contributed by atoms with van der Waals surface area (Å²) in [5.74, 6) is 0.660. The molecule has 0 saturated heterocycles. The third kappa shape index (κ3) is 3.74. The van der Waals surface area contributed by atoms with Crippen LogP contribution in [0.2, 0.25) is 0 Å². The molecule has 2 nitrogen and oxygen atoms in total. The zero-order chi connectivity index (χ0) is 9.61. The predicted molar refractivity (Wildman–Crippen MR) is 54.8 cm³/mol. The zero-order valence-corrected chi connectivity index (χ0v) is 8.83. The van der Waals surface area contributed by atoms with Crippen LogP contribution in [0.5, 0.6) is 0 Å². The molecule has 0 radical (unpaired) electrons. The van der Waals surface area contributed by atoms with Gasteiger partial charge in [0, 0.05) is 12.0 Å². The van der Waals surface area contributed by atoms with Crippen LogP contribution in [-0.2, 0) is 0 Å². The highest BCUT2D eigenvalue weighted by molar-refractivity contribution is 5.79. The van der Waals surface area contributed by atoms with E-state index in [0.717, 1.165) is 19.3 Å². The van der Waals surface area contributed by atoms with Crippen LogP contribution in [0.25, 0.3) is 0 Å². The third-order valence-electron chi connectivity index (χ3n) is 2.39. The van der Waals surface area contributed by atoms with Crippen molar-refractivity contribution in [2.45, 2.75) is 58.9 Å². The molecule has 0 fully saturated rings. The number of hydrogen-bond acceptors (Lipinski definition) is 1. The second kappa shape index (κ2) is 5.18. The summed E-state index contributed by atoms with van der Waals surface area (Å²) in [6.07, 6.45) is 4.21. The fraction of sp³-hybridized carbons (Fsp3) is 0.900. The highest BCUT2D eigenvalue weighted by atomic mass is 15.0. The minimum Gasteiger partial charge on any atom is -0.369 e. The van der Waals surface area contributed by atoms with Crippen LogP contribution in [0.4, 0.5) is 0 Å². The van der Waals surface area contributed by atoms with Gasteiger partial charge in [0.2, 0.25) is 0 Å². The molecule has 1 atom stereocenters. The summed E-state index contributed by atoms with van der Waals surface area (Å²) in [4.78, 5) is 0. The molecule has 2 N–H and O–H groups in total. The summed E-state index contributed by atoms with van der Waals surface area (Å²) < 4.78 is 0. The molecular weight excluding hydrogens is 148 g/mol. The van der Waals surface area contributed by atoms with Gasteiger partial charge in [0.25, 0.3) is 0 Å². The van der Waals surface area contributed by atoms with Crippen molar-refractivity contribution in [2.24, 2.45) is 0 Å². The minimum atomic E-state index is 0.141. The van der Waals surface area contributed by atoms with Crippen LogP contribution < -0.4 is 5.32 Å². The molecule has 0 aromatic carbocycles. The SMILES string of the molecule is CCCC(C)(CC)NC(=N)CC. The van der Waals surface area contributed by atoms with Crippen molar-refractivity contribution in [1.29, 1.82) is 5.41 Å². The maximum atomic E-state index is 7.56. The summed E-state index contributed by atoms with van der Waals surface area (Å²) in [6, 6.07) is 0. The lowest BCUT2D eigenvalue weighted by Crippen LogP contribution is -2.44. The first-order valence-corrected chi connectivity index (χ1v) is 4.93. The Morgan fingerprint density at radius 2 is 1.92 bits per heavy atom. The summed E-state index contributed by atoms with van der Waals surface area (Å²) >= 11 is 0. The van der Waals surface area contributed by atoms with Crippen LogP contribution in [-0.4, -0.2) is 11.4 Å². The smallest absolute Gasteiger partial charge is 0.0932 e.